The fraction of sp³-hybridized carbons (Fsp3) is 0.571. The summed E-state index contributed by atoms with van der Waals surface area (Å²) in [5.41, 5.74) is -0.340. The number of nitrogens with one attached hydrogen (secondary N) is 2. The van der Waals surface area contributed by atoms with Gasteiger partial charge in [0.05, 0.1) is 0 Å². The van der Waals surface area contributed by atoms with E-state index in [4.69, 9.17) is 0 Å². The summed E-state index contributed by atoms with van der Waals surface area (Å²) in [6.07, 6.45) is 8.26. The maximum Gasteiger partial charge on any atom is 0.325 e. The molecule has 1 aliphatic carbocycles. The molecule has 1 saturated heterocycles. The van der Waals surface area contributed by atoms with Crippen molar-refractivity contribution < 1.29 is 14.4 Å². The van der Waals surface area contributed by atoms with E-state index >= 15 is 0 Å². The van der Waals surface area contributed by atoms with Crippen LogP contribution in [0.15, 0.2) is 30.3 Å². The Labute approximate surface area is 160 Å². The fourth-order valence-corrected chi connectivity index (χ4v) is 4.15. The van der Waals surface area contributed by atoms with Crippen molar-refractivity contribution in [2.45, 2.75) is 69.9 Å². The molecule has 1 aliphatic heterocycles. The highest BCUT2D eigenvalue weighted by molar-refractivity contribution is 6.09. The highest BCUT2D eigenvalue weighted by atomic mass is 16.2. The van der Waals surface area contributed by atoms with Crippen LogP contribution in [0, 0.1) is 0 Å². The van der Waals surface area contributed by atoms with Crippen molar-refractivity contribution in [1.82, 2.24) is 15.5 Å². The maximum absolute atomic E-state index is 13.1. The molecule has 1 aromatic carbocycles. The van der Waals surface area contributed by atoms with E-state index in [1.807, 2.05) is 37.3 Å². The van der Waals surface area contributed by atoms with E-state index in [1.54, 1.807) is 0 Å². The molecule has 2 N–H and O–H groups in total. The number of imide groups is 1. The normalized spacial score (nSPS) is 24.3. The molecular formula is C21H29N3O3. The summed E-state index contributed by atoms with van der Waals surface area (Å²) in [6, 6.07) is 8.86. The highest BCUT2D eigenvalue weighted by Gasteiger charge is 2.51. The molecule has 27 heavy (non-hydrogen) atoms. The van der Waals surface area contributed by atoms with Crippen LogP contribution >= 0.6 is 0 Å². The Bertz CT molecular complexity index is 683. The summed E-state index contributed by atoms with van der Waals surface area (Å²) in [6.45, 7) is 1.64. The summed E-state index contributed by atoms with van der Waals surface area (Å²) < 4.78 is 0. The van der Waals surface area contributed by atoms with Gasteiger partial charge in [-0.05, 0) is 24.8 Å². The molecule has 146 valence electrons. The van der Waals surface area contributed by atoms with Gasteiger partial charge in [-0.25, -0.2) is 4.79 Å². The van der Waals surface area contributed by atoms with E-state index in [9.17, 15) is 14.4 Å². The summed E-state index contributed by atoms with van der Waals surface area (Å²) >= 11 is 0. The Morgan fingerprint density at radius 3 is 2.37 bits per heavy atom. The second-order valence-electron chi connectivity index (χ2n) is 7.56. The summed E-state index contributed by atoms with van der Waals surface area (Å²) in [7, 11) is 0. The van der Waals surface area contributed by atoms with Crippen LogP contribution in [0.3, 0.4) is 0 Å². The minimum atomic E-state index is -1.08. The van der Waals surface area contributed by atoms with Crippen LogP contribution in [0.25, 0.3) is 0 Å². The van der Waals surface area contributed by atoms with E-state index in [0.717, 1.165) is 36.1 Å². The molecule has 0 radical (unpaired) electrons. The number of urea groups is 1. The first kappa shape index (κ1) is 19.4. The topological polar surface area (TPSA) is 78.5 Å². The van der Waals surface area contributed by atoms with Crippen LogP contribution in [0.2, 0.25) is 0 Å². The highest BCUT2D eigenvalue weighted by Crippen LogP contribution is 2.32. The van der Waals surface area contributed by atoms with E-state index in [1.165, 1.54) is 19.3 Å². The molecule has 4 amide bonds. The van der Waals surface area contributed by atoms with Gasteiger partial charge in [0.2, 0.25) is 5.91 Å². The molecule has 0 aromatic heterocycles. The van der Waals surface area contributed by atoms with Crippen molar-refractivity contribution in [3.05, 3.63) is 35.9 Å². The SMILES string of the molecule is CC[C@]1(c2ccccc2)NC(=O)N(CC(=O)NC2CCCCCCC2)C1=O. The van der Waals surface area contributed by atoms with Crippen molar-refractivity contribution in [2.75, 3.05) is 6.54 Å². The van der Waals surface area contributed by atoms with Crippen molar-refractivity contribution in [3.63, 3.8) is 0 Å². The predicted molar refractivity (Wildman–Crippen MR) is 103 cm³/mol. The van der Waals surface area contributed by atoms with E-state index in [-0.39, 0.29) is 24.4 Å². The third-order valence-corrected chi connectivity index (χ3v) is 5.74. The number of benzene rings is 1. The van der Waals surface area contributed by atoms with Crippen molar-refractivity contribution >= 4 is 17.8 Å². The molecule has 3 rings (SSSR count). The van der Waals surface area contributed by atoms with Crippen LogP contribution < -0.4 is 10.6 Å². The number of nitrogens with zero attached hydrogens (tertiary/aromatic N) is 1. The van der Waals surface area contributed by atoms with Gasteiger partial charge in [0.1, 0.15) is 12.1 Å². The number of hydrogen-bond acceptors (Lipinski definition) is 3. The van der Waals surface area contributed by atoms with E-state index < -0.39 is 11.6 Å². The Balaban J connectivity index is 1.67. The Hall–Kier alpha value is -2.37. The van der Waals surface area contributed by atoms with Gasteiger partial charge in [-0.1, -0.05) is 69.4 Å². The van der Waals surface area contributed by atoms with Crippen molar-refractivity contribution in [1.29, 1.82) is 0 Å². The van der Waals surface area contributed by atoms with Crippen molar-refractivity contribution in [2.24, 2.45) is 0 Å². The lowest BCUT2D eigenvalue weighted by molar-refractivity contribution is -0.135. The zero-order chi connectivity index (χ0) is 19.3. The number of carbonyl (C=O) groups excluding carboxylic acids is 3. The number of hydrogen-bond donors (Lipinski definition) is 2. The molecule has 0 bridgehead atoms. The van der Waals surface area contributed by atoms with Crippen molar-refractivity contribution in [3.8, 4) is 0 Å². The molecule has 1 aromatic rings. The van der Waals surface area contributed by atoms with E-state index in [2.05, 4.69) is 10.6 Å². The minimum Gasteiger partial charge on any atom is -0.352 e. The standard InChI is InChI=1S/C21H29N3O3/c1-2-21(16-11-7-6-8-12-16)19(26)24(20(27)23-21)15-18(25)22-17-13-9-4-3-5-10-14-17/h6-8,11-12,17H,2-5,9-10,13-15H2,1H3,(H,22,25)(H,23,27)/t21-/m1/s1. The third-order valence-electron chi connectivity index (χ3n) is 5.74. The quantitative estimate of drug-likeness (QED) is 0.781. The molecule has 2 aliphatic rings. The summed E-state index contributed by atoms with van der Waals surface area (Å²) in [4.78, 5) is 39.1. The first-order chi connectivity index (χ1) is 13.1. The smallest absolute Gasteiger partial charge is 0.325 e. The average Bonchev–Trinajstić information content (AvgIpc) is 2.89. The third kappa shape index (κ3) is 4.15. The largest absolute Gasteiger partial charge is 0.352 e. The van der Waals surface area contributed by atoms with Crippen LogP contribution in [-0.4, -0.2) is 35.3 Å². The van der Waals surface area contributed by atoms with Gasteiger partial charge in [-0.3, -0.25) is 14.5 Å². The Kier molecular flexibility index (Phi) is 6.14. The van der Waals surface area contributed by atoms with Gasteiger partial charge in [-0.2, -0.15) is 0 Å². The molecule has 6 heteroatoms. The second kappa shape index (κ2) is 8.55. The molecular weight excluding hydrogens is 342 g/mol. The molecule has 1 heterocycles. The molecule has 2 fully saturated rings. The minimum absolute atomic E-state index is 0.142. The zero-order valence-corrected chi connectivity index (χ0v) is 16.0. The van der Waals surface area contributed by atoms with Gasteiger partial charge in [0, 0.05) is 6.04 Å². The molecule has 0 spiro atoms. The summed E-state index contributed by atoms with van der Waals surface area (Å²) in [5, 5.41) is 5.84. The maximum atomic E-state index is 13.1. The predicted octanol–water partition coefficient (Wildman–Crippen LogP) is 3.07. The molecule has 6 nitrogen and oxygen atoms in total. The zero-order valence-electron chi connectivity index (χ0n) is 16.0. The lowest BCUT2D eigenvalue weighted by Gasteiger charge is -2.26. The molecule has 0 unspecified atom stereocenters. The van der Waals surface area contributed by atoms with Crippen LogP contribution in [-0.2, 0) is 15.1 Å². The average molecular weight is 371 g/mol. The fourth-order valence-electron chi connectivity index (χ4n) is 4.15. The van der Waals surface area contributed by atoms with Gasteiger partial charge in [-0.15, -0.1) is 0 Å². The van der Waals surface area contributed by atoms with Crippen LogP contribution in [0.1, 0.15) is 63.9 Å². The number of rotatable bonds is 5. The van der Waals surface area contributed by atoms with Crippen LogP contribution in [0.5, 0.6) is 0 Å². The van der Waals surface area contributed by atoms with E-state index in [0.29, 0.717) is 6.42 Å². The number of amides is 4. The molecule has 1 atom stereocenters. The van der Waals surface area contributed by atoms with Gasteiger partial charge in [0.15, 0.2) is 0 Å². The first-order valence-corrected chi connectivity index (χ1v) is 10.1. The second-order valence-corrected chi connectivity index (χ2v) is 7.56. The molecule has 1 saturated carbocycles. The van der Waals surface area contributed by atoms with Gasteiger partial charge < -0.3 is 10.6 Å². The van der Waals surface area contributed by atoms with Gasteiger partial charge >= 0.3 is 6.03 Å². The Morgan fingerprint density at radius 2 is 1.74 bits per heavy atom. The van der Waals surface area contributed by atoms with Gasteiger partial charge in [0.25, 0.3) is 5.91 Å². The first-order valence-electron chi connectivity index (χ1n) is 10.1. The Morgan fingerprint density at radius 1 is 1.11 bits per heavy atom. The number of carbonyl (C=O) groups is 3. The monoisotopic (exact) mass is 371 g/mol. The lowest BCUT2D eigenvalue weighted by Crippen LogP contribution is -2.46. The lowest BCUT2D eigenvalue weighted by atomic mass is 9.87. The summed E-state index contributed by atoms with van der Waals surface area (Å²) in [5.74, 6) is -0.613. The van der Waals surface area contributed by atoms with Crippen LogP contribution in [0.4, 0.5) is 4.79 Å².